The Hall–Kier alpha value is -3.94. The molecule has 0 spiro atoms. The largest absolute Gasteiger partial charge is 0.478 e. The lowest BCUT2D eigenvalue weighted by Gasteiger charge is -2.04. The van der Waals surface area contributed by atoms with Crippen molar-refractivity contribution in [1.82, 2.24) is 0 Å². The summed E-state index contributed by atoms with van der Waals surface area (Å²) in [4.78, 5) is 43.6. The van der Waals surface area contributed by atoms with E-state index >= 15 is 0 Å². The maximum atomic E-state index is 11.6. The molecule has 0 bridgehead atoms. The molecule has 2 N–H and O–H groups in total. The van der Waals surface area contributed by atoms with E-state index in [1.165, 1.54) is 36.4 Å². The predicted octanol–water partition coefficient (Wildman–Crippen LogP) is 1.89. The number of allylic oxidation sites excluding steroid dienone is 4. The molecule has 0 saturated carbocycles. The fourth-order valence-corrected chi connectivity index (χ4v) is 1.45. The van der Waals surface area contributed by atoms with Crippen molar-refractivity contribution < 1.29 is 38.9 Å². The van der Waals surface area contributed by atoms with Gasteiger partial charge in [-0.15, -0.1) is 0 Å². The minimum atomic E-state index is -1.15. The molecule has 0 radical (unpaired) electrons. The van der Waals surface area contributed by atoms with Crippen LogP contribution in [-0.2, 0) is 19.2 Å². The molecule has 0 unspecified atom stereocenters. The van der Waals surface area contributed by atoms with Crippen molar-refractivity contribution in [1.29, 1.82) is 0 Å². The predicted molar refractivity (Wildman–Crippen MR) is 89.5 cm³/mol. The van der Waals surface area contributed by atoms with Crippen LogP contribution in [0.4, 0.5) is 0 Å². The van der Waals surface area contributed by atoms with Crippen molar-refractivity contribution in [3.8, 4) is 11.5 Å². The molecule has 0 aliphatic heterocycles. The zero-order valence-electron chi connectivity index (χ0n) is 13.3. The zero-order valence-corrected chi connectivity index (χ0v) is 13.3. The van der Waals surface area contributed by atoms with E-state index in [0.29, 0.717) is 0 Å². The average Bonchev–Trinajstić information content (AvgIpc) is 2.55. The van der Waals surface area contributed by atoms with Crippen LogP contribution >= 0.6 is 0 Å². The summed E-state index contributed by atoms with van der Waals surface area (Å²) < 4.78 is 9.95. The SMILES string of the molecule is O=C(O)C=CC=CC(=O)Oc1cccc(OC(=O)C=CC=CC(=O)O)c1. The number of ether oxygens (including phenoxy) is 2. The number of carbonyl (C=O) groups is 4. The molecule has 0 heterocycles. The highest BCUT2D eigenvalue weighted by molar-refractivity contribution is 5.86. The van der Waals surface area contributed by atoms with Crippen LogP contribution in [0.5, 0.6) is 11.5 Å². The minimum Gasteiger partial charge on any atom is -0.478 e. The number of carbonyl (C=O) groups excluding carboxylic acids is 2. The van der Waals surface area contributed by atoms with Gasteiger partial charge in [0.2, 0.25) is 0 Å². The zero-order chi connectivity index (χ0) is 19.4. The summed E-state index contributed by atoms with van der Waals surface area (Å²) in [7, 11) is 0. The van der Waals surface area contributed by atoms with E-state index in [2.05, 4.69) is 0 Å². The highest BCUT2D eigenvalue weighted by Gasteiger charge is 2.04. The maximum absolute atomic E-state index is 11.6. The Morgan fingerprint density at radius 1 is 0.692 bits per heavy atom. The maximum Gasteiger partial charge on any atom is 0.336 e. The highest BCUT2D eigenvalue weighted by atomic mass is 16.5. The van der Waals surface area contributed by atoms with Gasteiger partial charge in [-0.2, -0.15) is 0 Å². The number of esters is 2. The number of hydrogen-bond donors (Lipinski definition) is 2. The second-order valence-electron chi connectivity index (χ2n) is 4.43. The Labute approximate surface area is 148 Å². The van der Waals surface area contributed by atoms with Crippen molar-refractivity contribution in [2.75, 3.05) is 0 Å². The van der Waals surface area contributed by atoms with Crippen molar-refractivity contribution in [2.45, 2.75) is 0 Å². The average molecular weight is 358 g/mol. The van der Waals surface area contributed by atoms with Crippen LogP contribution in [0.3, 0.4) is 0 Å². The van der Waals surface area contributed by atoms with Gasteiger partial charge >= 0.3 is 23.9 Å². The third-order valence-corrected chi connectivity index (χ3v) is 2.41. The summed E-state index contributed by atoms with van der Waals surface area (Å²) in [6, 6.07) is 5.72. The number of hydrogen-bond acceptors (Lipinski definition) is 6. The van der Waals surface area contributed by atoms with Crippen LogP contribution in [0, 0.1) is 0 Å². The molecule has 8 heteroatoms. The topological polar surface area (TPSA) is 127 Å². The van der Waals surface area contributed by atoms with Crippen molar-refractivity contribution in [3.05, 3.63) is 72.9 Å². The summed E-state index contributed by atoms with van der Waals surface area (Å²) in [5.74, 6) is -3.57. The Bertz CT molecular complexity index is 736. The molecule has 0 aliphatic rings. The van der Waals surface area contributed by atoms with Crippen molar-refractivity contribution in [3.63, 3.8) is 0 Å². The molecule has 26 heavy (non-hydrogen) atoms. The van der Waals surface area contributed by atoms with E-state index in [9.17, 15) is 19.2 Å². The van der Waals surface area contributed by atoms with Crippen molar-refractivity contribution in [2.24, 2.45) is 0 Å². The number of aliphatic carboxylic acids is 2. The first-order valence-corrected chi connectivity index (χ1v) is 7.06. The lowest BCUT2D eigenvalue weighted by Crippen LogP contribution is -2.06. The third kappa shape index (κ3) is 9.26. The smallest absolute Gasteiger partial charge is 0.336 e. The van der Waals surface area contributed by atoms with Crippen LogP contribution in [0.15, 0.2) is 72.9 Å². The first-order valence-electron chi connectivity index (χ1n) is 7.06. The van der Waals surface area contributed by atoms with Gasteiger partial charge in [0.1, 0.15) is 11.5 Å². The van der Waals surface area contributed by atoms with Crippen LogP contribution in [-0.4, -0.2) is 34.1 Å². The molecule has 134 valence electrons. The summed E-state index contributed by atoms with van der Waals surface area (Å²) in [5, 5.41) is 16.8. The molecule has 0 aliphatic carbocycles. The van der Waals surface area contributed by atoms with Gasteiger partial charge < -0.3 is 19.7 Å². The van der Waals surface area contributed by atoms with Gasteiger partial charge in [-0.3, -0.25) is 0 Å². The van der Waals surface area contributed by atoms with Gasteiger partial charge in [0.15, 0.2) is 0 Å². The first kappa shape index (κ1) is 20.1. The molecular weight excluding hydrogens is 344 g/mol. The number of rotatable bonds is 8. The Morgan fingerprint density at radius 2 is 1.08 bits per heavy atom. The second kappa shape index (κ2) is 10.8. The molecule has 0 amide bonds. The van der Waals surface area contributed by atoms with E-state index in [-0.39, 0.29) is 11.5 Å². The van der Waals surface area contributed by atoms with Gasteiger partial charge in [-0.05, 0) is 12.1 Å². The van der Waals surface area contributed by atoms with Gasteiger partial charge in [-0.25, -0.2) is 19.2 Å². The van der Waals surface area contributed by atoms with Crippen LogP contribution in [0.2, 0.25) is 0 Å². The number of benzene rings is 1. The molecule has 0 saturated heterocycles. The van der Waals surface area contributed by atoms with Gasteiger partial charge in [0.05, 0.1) is 0 Å². The molecule has 1 rings (SSSR count). The lowest BCUT2D eigenvalue weighted by molar-refractivity contribution is -0.132. The highest BCUT2D eigenvalue weighted by Crippen LogP contribution is 2.19. The van der Waals surface area contributed by atoms with E-state index in [0.717, 1.165) is 36.5 Å². The molecule has 1 aromatic carbocycles. The second-order valence-corrected chi connectivity index (χ2v) is 4.43. The standard InChI is InChI=1S/C18H14O8/c19-15(20)8-1-3-10-17(23)25-13-6-5-7-14(12-13)26-18(24)11-4-2-9-16(21)22/h1-12H,(H,19,20)(H,21,22). The fourth-order valence-electron chi connectivity index (χ4n) is 1.45. The summed E-state index contributed by atoms with van der Waals surface area (Å²) >= 11 is 0. The Kier molecular flexibility index (Phi) is 8.32. The number of carboxylic acids is 2. The van der Waals surface area contributed by atoms with Crippen LogP contribution in [0.25, 0.3) is 0 Å². The minimum absolute atomic E-state index is 0.113. The molecule has 0 atom stereocenters. The van der Waals surface area contributed by atoms with Gasteiger partial charge in [0.25, 0.3) is 0 Å². The molecule has 0 aromatic heterocycles. The van der Waals surface area contributed by atoms with E-state index in [1.54, 1.807) is 0 Å². The molecule has 1 aromatic rings. The van der Waals surface area contributed by atoms with Gasteiger partial charge in [0, 0.05) is 30.4 Å². The van der Waals surface area contributed by atoms with E-state index in [1.807, 2.05) is 0 Å². The van der Waals surface area contributed by atoms with Crippen molar-refractivity contribution >= 4 is 23.9 Å². The fraction of sp³-hybridized carbons (Fsp3) is 0. The Morgan fingerprint density at radius 3 is 1.46 bits per heavy atom. The summed E-state index contributed by atoms with van der Waals surface area (Å²) in [5.41, 5.74) is 0. The van der Waals surface area contributed by atoms with E-state index in [4.69, 9.17) is 19.7 Å². The summed E-state index contributed by atoms with van der Waals surface area (Å²) in [6.07, 6.45) is 8.47. The van der Waals surface area contributed by atoms with Gasteiger partial charge in [-0.1, -0.05) is 30.4 Å². The monoisotopic (exact) mass is 358 g/mol. The first-order chi connectivity index (χ1) is 12.4. The third-order valence-electron chi connectivity index (χ3n) is 2.41. The lowest BCUT2D eigenvalue weighted by atomic mass is 10.3. The van der Waals surface area contributed by atoms with Crippen LogP contribution in [0.1, 0.15) is 0 Å². The molecule has 8 nitrogen and oxygen atoms in total. The summed E-state index contributed by atoms with van der Waals surface area (Å²) in [6.45, 7) is 0. The normalized spacial score (nSPS) is 11.4. The number of carboxylic acid groups (broad SMARTS) is 2. The molecule has 0 fully saturated rings. The molecular formula is C18H14O8. The van der Waals surface area contributed by atoms with E-state index < -0.39 is 23.9 Å². The Balaban J connectivity index is 2.62. The quantitative estimate of drug-likeness (QED) is 0.312. The van der Waals surface area contributed by atoms with Crippen LogP contribution < -0.4 is 9.47 Å².